The van der Waals surface area contributed by atoms with Crippen LogP contribution in [-0.2, 0) is 0 Å². The van der Waals surface area contributed by atoms with Crippen LogP contribution < -0.4 is 11.5 Å². The Morgan fingerprint density at radius 3 is 2.65 bits per heavy atom. The van der Waals surface area contributed by atoms with Gasteiger partial charge in [0.15, 0.2) is 0 Å². The number of nitrogens with two attached hydrogens (primary N) is 2. The van der Waals surface area contributed by atoms with Crippen LogP contribution in [0.5, 0.6) is 0 Å². The predicted octanol–water partition coefficient (Wildman–Crippen LogP) is 1.62. The average molecular weight is 234 g/mol. The van der Waals surface area contributed by atoms with E-state index >= 15 is 0 Å². The molecule has 0 aromatic heterocycles. The van der Waals surface area contributed by atoms with E-state index in [1.54, 1.807) is 6.08 Å². The van der Waals surface area contributed by atoms with E-state index in [2.05, 4.69) is 26.8 Å². The number of rotatable bonds is 2. The van der Waals surface area contributed by atoms with Crippen molar-refractivity contribution >= 4 is 0 Å². The summed E-state index contributed by atoms with van der Waals surface area (Å²) in [4.78, 5) is 0. The first-order valence-corrected chi connectivity index (χ1v) is 5.78. The minimum absolute atomic E-state index is 0.0340. The molecule has 1 aliphatic rings. The molecule has 0 aliphatic heterocycles. The zero-order valence-corrected chi connectivity index (χ0v) is 10.8. The summed E-state index contributed by atoms with van der Waals surface area (Å²) in [5.74, 6) is 0. The molecule has 1 aliphatic carbocycles. The quantitative estimate of drug-likeness (QED) is 0.680. The van der Waals surface area contributed by atoms with Crippen LogP contribution in [-0.4, -0.2) is 17.8 Å². The van der Waals surface area contributed by atoms with Gasteiger partial charge in [0.2, 0.25) is 0 Å². The first-order chi connectivity index (χ1) is 7.83. The molecular formula is C14H22N2O. The molecule has 5 N–H and O–H groups in total. The molecule has 0 saturated carbocycles. The van der Waals surface area contributed by atoms with Crippen molar-refractivity contribution in [3.8, 4) is 0 Å². The molecule has 17 heavy (non-hydrogen) atoms. The van der Waals surface area contributed by atoms with Gasteiger partial charge in [0.05, 0.1) is 0 Å². The summed E-state index contributed by atoms with van der Waals surface area (Å²) in [6, 6.07) is 0. The van der Waals surface area contributed by atoms with Gasteiger partial charge in [0, 0.05) is 12.2 Å². The predicted molar refractivity (Wildman–Crippen MR) is 72.1 cm³/mol. The first-order valence-electron chi connectivity index (χ1n) is 5.78. The van der Waals surface area contributed by atoms with Gasteiger partial charge in [-0.05, 0) is 22.6 Å². The zero-order chi connectivity index (χ0) is 13.1. The van der Waals surface area contributed by atoms with Crippen LogP contribution in [0.25, 0.3) is 0 Å². The van der Waals surface area contributed by atoms with Gasteiger partial charge in [0.25, 0.3) is 0 Å². The maximum absolute atomic E-state index is 10.2. The van der Waals surface area contributed by atoms with Crippen molar-refractivity contribution < 1.29 is 5.11 Å². The molecule has 1 unspecified atom stereocenters. The highest BCUT2D eigenvalue weighted by Gasteiger charge is 2.18. The molecule has 1 rings (SSSR count). The Kier molecular flexibility index (Phi) is 4.32. The van der Waals surface area contributed by atoms with Crippen molar-refractivity contribution in [2.75, 3.05) is 6.54 Å². The van der Waals surface area contributed by atoms with Gasteiger partial charge in [0.1, 0.15) is 6.10 Å². The summed E-state index contributed by atoms with van der Waals surface area (Å²) in [6.45, 7) is 6.60. The van der Waals surface area contributed by atoms with Gasteiger partial charge in [-0.3, -0.25) is 0 Å². The van der Waals surface area contributed by atoms with Crippen LogP contribution in [0, 0.1) is 5.41 Å². The van der Waals surface area contributed by atoms with Crippen molar-refractivity contribution in [3.63, 3.8) is 0 Å². The Morgan fingerprint density at radius 2 is 2.12 bits per heavy atom. The summed E-state index contributed by atoms with van der Waals surface area (Å²) in [5, 5.41) is 10.2. The third-order valence-electron chi connectivity index (χ3n) is 2.40. The summed E-state index contributed by atoms with van der Waals surface area (Å²) < 4.78 is 0. The lowest BCUT2D eigenvalue weighted by molar-refractivity contribution is 0.251. The normalized spacial score (nSPS) is 24.1. The molecular weight excluding hydrogens is 212 g/mol. The number of hydrogen-bond acceptors (Lipinski definition) is 3. The lowest BCUT2D eigenvalue weighted by Gasteiger charge is -2.21. The fraction of sp³-hybridized carbons (Fsp3) is 0.429. The van der Waals surface area contributed by atoms with Crippen molar-refractivity contribution in [3.05, 3.63) is 47.2 Å². The molecule has 94 valence electrons. The van der Waals surface area contributed by atoms with Gasteiger partial charge in [-0.15, -0.1) is 0 Å². The van der Waals surface area contributed by atoms with Gasteiger partial charge in [-0.1, -0.05) is 45.1 Å². The molecule has 0 amide bonds. The lowest BCUT2D eigenvalue weighted by Crippen LogP contribution is -2.18. The molecule has 3 nitrogen and oxygen atoms in total. The monoisotopic (exact) mass is 234 g/mol. The summed E-state index contributed by atoms with van der Waals surface area (Å²) >= 11 is 0. The molecule has 3 heteroatoms. The minimum Gasteiger partial charge on any atom is -0.401 e. The van der Waals surface area contributed by atoms with Crippen molar-refractivity contribution in [1.82, 2.24) is 0 Å². The van der Waals surface area contributed by atoms with Gasteiger partial charge in [-0.25, -0.2) is 0 Å². The van der Waals surface area contributed by atoms with Crippen molar-refractivity contribution in [1.29, 1.82) is 0 Å². The summed E-state index contributed by atoms with van der Waals surface area (Å²) in [7, 11) is 0. The summed E-state index contributed by atoms with van der Waals surface area (Å²) in [6.07, 6.45) is 8.88. The van der Waals surface area contributed by atoms with Crippen LogP contribution in [0.1, 0.15) is 20.8 Å². The Labute approximate surface area is 103 Å². The molecule has 0 saturated heterocycles. The second-order valence-corrected chi connectivity index (χ2v) is 5.36. The Morgan fingerprint density at radius 1 is 1.47 bits per heavy atom. The average Bonchev–Trinajstić information content (AvgIpc) is 2.22. The molecule has 0 heterocycles. The van der Waals surface area contributed by atoms with Gasteiger partial charge >= 0.3 is 0 Å². The van der Waals surface area contributed by atoms with Gasteiger partial charge in [-0.2, -0.15) is 0 Å². The highest BCUT2D eigenvalue weighted by molar-refractivity contribution is 5.45. The number of allylic oxidation sites excluding steroid dienone is 3. The van der Waals surface area contributed by atoms with Gasteiger partial charge < -0.3 is 16.6 Å². The van der Waals surface area contributed by atoms with E-state index in [4.69, 9.17) is 11.5 Å². The maximum Gasteiger partial charge on any atom is 0.104 e. The van der Waals surface area contributed by atoms with E-state index in [9.17, 15) is 5.11 Å². The maximum atomic E-state index is 10.2. The Balaban J connectivity index is 2.97. The molecule has 0 fully saturated rings. The minimum atomic E-state index is -0.621. The SMILES string of the molecule is CC(C)(C)C=C1C=CC=C(C=C(N)CN)C1O. The molecule has 0 aromatic rings. The van der Waals surface area contributed by atoms with Crippen LogP contribution in [0.2, 0.25) is 0 Å². The van der Waals surface area contributed by atoms with Crippen molar-refractivity contribution in [2.24, 2.45) is 16.9 Å². The zero-order valence-electron chi connectivity index (χ0n) is 10.8. The van der Waals surface area contributed by atoms with E-state index in [0.29, 0.717) is 12.2 Å². The van der Waals surface area contributed by atoms with Crippen LogP contribution in [0.4, 0.5) is 0 Å². The summed E-state index contributed by atoms with van der Waals surface area (Å²) in [5.41, 5.74) is 13.4. The lowest BCUT2D eigenvalue weighted by atomic mass is 9.87. The van der Waals surface area contributed by atoms with Crippen LogP contribution in [0.3, 0.4) is 0 Å². The smallest absolute Gasteiger partial charge is 0.104 e. The second-order valence-electron chi connectivity index (χ2n) is 5.36. The highest BCUT2D eigenvalue weighted by Crippen LogP contribution is 2.25. The topological polar surface area (TPSA) is 72.3 Å². The number of aliphatic hydroxyl groups excluding tert-OH is 1. The van der Waals surface area contributed by atoms with E-state index in [-0.39, 0.29) is 5.41 Å². The highest BCUT2D eigenvalue weighted by atomic mass is 16.3. The van der Waals surface area contributed by atoms with Crippen LogP contribution >= 0.6 is 0 Å². The molecule has 1 atom stereocenters. The van der Waals surface area contributed by atoms with Crippen LogP contribution in [0.15, 0.2) is 47.2 Å². The third kappa shape index (κ3) is 4.21. The first kappa shape index (κ1) is 13.7. The molecule has 0 radical (unpaired) electrons. The van der Waals surface area contributed by atoms with E-state index in [1.807, 2.05) is 18.2 Å². The number of aliphatic hydroxyl groups is 1. The fourth-order valence-electron chi connectivity index (χ4n) is 1.67. The molecule has 0 aromatic carbocycles. The van der Waals surface area contributed by atoms with E-state index < -0.39 is 6.10 Å². The van der Waals surface area contributed by atoms with Crippen molar-refractivity contribution in [2.45, 2.75) is 26.9 Å². The largest absolute Gasteiger partial charge is 0.401 e. The molecule has 0 bridgehead atoms. The Bertz CT molecular complexity index is 395. The van der Waals surface area contributed by atoms with E-state index in [1.165, 1.54) is 0 Å². The standard InChI is InChI=1S/C14H22N2O/c1-14(2,3)8-11-6-4-5-10(13(11)17)7-12(16)9-15/h4-8,13,17H,9,15-16H2,1-3H3. The fourth-order valence-corrected chi connectivity index (χ4v) is 1.67. The second kappa shape index (κ2) is 5.34. The number of hydrogen-bond donors (Lipinski definition) is 3. The molecule has 0 spiro atoms. The Hall–Kier alpha value is -1.32. The van der Waals surface area contributed by atoms with E-state index in [0.717, 1.165) is 11.1 Å². The third-order valence-corrected chi connectivity index (χ3v) is 2.40.